The fourth-order valence-corrected chi connectivity index (χ4v) is 1.65. The summed E-state index contributed by atoms with van der Waals surface area (Å²) in [6, 6.07) is 11.9. The van der Waals surface area contributed by atoms with Gasteiger partial charge in [-0.1, -0.05) is 32.0 Å². The lowest BCUT2D eigenvalue weighted by Gasteiger charge is -2.10. The number of rotatable bonds is 4. The minimum atomic E-state index is 0.506. The highest BCUT2D eigenvalue weighted by molar-refractivity contribution is 5.31. The molecule has 0 saturated carbocycles. The van der Waals surface area contributed by atoms with Crippen LogP contribution >= 0.6 is 0 Å². The lowest BCUT2D eigenvalue weighted by atomic mass is 10.0. The molecule has 0 saturated heterocycles. The van der Waals surface area contributed by atoms with E-state index in [1.54, 1.807) is 12.3 Å². The Hall–Kier alpha value is -2.03. The first-order chi connectivity index (χ1) is 8.65. The van der Waals surface area contributed by atoms with Crippen molar-refractivity contribution in [2.75, 3.05) is 5.73 Å². The highest BCUT2D eigenvalue weighted by atomic mass is 16.5. The van der Waals surface area contributed by atoms with Crippen LogP contribution in [0.15, 0.2) is 42.6 Å². The number of benzene rings is 1. The van der Waals surface area contributed by atoms with E-state index in [-0.39, 0.29) is 0 Å². The maximum Gasteiger partial charge on any atom is 0.123 e. The molecular formula is C15H18N2O. The van der Waals surface area contributed by atoms with Crippen molar-refractivity contribution in [1.29, 1.82) is 0 Å². The fraction of sp³-hybridized carbons (Fsp3) is 0.267. The smallest absolute Gasteiger partial charge is 0.123 e. The van der Waals surface area contributed by atoms with Crippen LogP contribution in [0, 0.1) is 0 Å². The number of hydrogen-bond acceptors (Lipinski definition) is 3. The van der Waals surface area contributed by atoms with Gasteiger partial charge < -0.3 is 10.5 Å². The van der Waals surface area contributed by atoms with Crippen LogP contribution in [0.3, 0.4) is 0 Å². The Balaban J connectivity index is 2.01. The van der Waals surface area contributed by atoms with E-state index in [1.807, 2.05) is 18.2 Å². The van der Waals surface area contributed by atoms with Crippen LogP contribution in [-0.4, -0.2) is 4.98 Å². The van der Waals surface area contributed by atoms with E-state index in [9.17, 15) is 0 Å². The van der Waals surface area contributed by atoms with E-state index in [4.69, 9.17) is 10.5 Å². The Morgan fingerprint density at radius 1 is 1.22 bits per heavy atom. The van der Waals surface area contributed by atoms with Gasteiger partial charge in [0.25, 0.3) is 0 Å². The number of ether oxygens (including phenoxy) is 1. The molecule has 0 aliphatic heterocycles. The van der Waals surface area contributed by atoms with Crippen molar-refractivity contribution in [3.05, 3.63) is 53.7 Å². The van der Waals surface area contributed by atoms with Crippen molar-refractivity contribution >= 4 is 5.82 Å². The Morgan fingerprint density at radius 3 is 2.72 bits per heavy atom. The van der Waals surface area contributed by atoms with Crippen molar-refractivity contribution in [2.24, 2.45) is 0 Å². The van der Waals surface area contributed by atoms with Gasteiger partial charge in [0.15, 0.2) is 0 Å². The first-order valence-electron chi connectivity index (χ1n) is 6.08. The van der Waals surface area contributed by atoms with Gasteiger partial charge in [0, 0.05) is 11.8 Å². The standard InChI is InChI=1S/C15H18N2O/c1-11(2)13-4-3-5-14(8-13)18-10-12-6-7-15(16)17-9-12/h3-9,11H,10H2,1-2H3,(H2,16,17). The first-order valence-corrected chi connectivity index (χ1v) is 6.08. The molecule has 2 aromatic rings. The molecule has 1 aromatic heterocycles. The van der Waals surface area contributed by atoms with Crippen LogP contribution in [0.2, 0.25) is 0 Å². The number of hydrogen-bond donors (Lipinski definition) is 1. The SMILES string of the molecule is CC(C)c1cccc(OCc2ccc(N)nc2)c1. The molecule has 0 fully saturated rings. The summed E-state index contributed by atoms with van der Waals surface area (Å²) >= 11 is 0. The molecule has 2 rings (SSSR count). The lowest BCUT2D eigenvalue weighted by molar-refractivity contribution is 0.305. The number of aromatic nitrogens is 1. The highest BCUT2D eigenvalue weighted by Crippen LogP contribution is 2.20. The van der Waals surface area contributed by atoms with E-state index < -0.39 is 0 Å². The normalized spacial score (nSPS) is 10.6. The third-order valence-corrected chi connectivity index (χ3v) is 2.78. The predicted octanol–water partition coefficient (Wildman–Crippen LogP) is 3.37. The quantitative estimate of drug-likeness (QED) is 0.894. The van der Waals surface area contributed by atoms with E-state index >= 15 is 0 Å². The van der Waals surface area contributed by atoms with E-state index in [2.05, 4.69) is 31.0 Å². The fourth-order valence-electron chi connectivity index (χ4n) is 1.65. The number of nitrogens with two attached hydrogens (primary N) is 1. The average molecular weight is 242 g/mol. The van der Waals surface area contributed by atoms with Crippen LogP contribution in [-0.2, 0) is 6.61 Å². The van der Waals surface area contributed by atoms with Gasteiger partial charge in [-0.3, -0.25) is 0 Å². The molecule has 0 bridgehead atoms. The van der Waals surface area contributed by atoms with Gasteiger partial charge in [0.05, 0.1) is 0 Å². The molecule has 2 N–H and O–H groups in total. The number of nitrogen functional groups attached to an aromatic ring is 1. The van der Waals surface area contributed by atoms with Gasteiger partial charge in [-0.15, -0.1) is 0 Å². The summed E-state index contributed by atoms with van der Waals surface area (Å²) in [5.74, 6) is 1.92. The minimum absolute atomic E-state index is 0.506. The lowest BCUT2D eigenvalue weighted by Crippen LogP contribution is -1.98. The minimum Gasteiger partial charge on any atom is -0.489 e. The van der Waals surface area contributed by atoms with Gasteiger partial charge in [-0.25, -0.2) is 4.98 Å². The summed E-state index contributed by atoms with van der Waals surface area (Å²) in [6.45, 7) is 4.85. The van der Waals surface area contributed by atoms with Gasteiger partial charge in [-0.2, -0.15) is 0 Å². The third-order valence-electron chi connectivity index (χ3n) is 2.78. The average Bonchev–Trinajstić information content (AvgIpc) is 2.38. The zero-order chi connectivity index (χ0) is 13.0. The molecule has 0 atom stereocenters. The molecule has 3 nitrogen and oxygen atoms in total. The second kappa shape index (κ2) is 5.54. The molecule has 0 unspecified atom stereocenters. The molecule has 3 heteroatoms. The van der Waals surface area contributed by atoms with Gasteiger partial charge >= 0.3 is 0 Å². The molecule has 0 aliphatic rings. The Labute approximate surface area is 108 Å². The molecule has 0 radical (unpaired) electrons. The third kappa shape index (κ3) is 3.23. The summed E-state index contributed by atoms with van der Waals surface area (Å²) in [7, 11) is 0. The molecule has 0 spiro atoms. The van der Waals surface area contributed by atoms with Crippen molar-refractivity contribution in [1.82, 2.24) is 4.98 Å². The molecular weight excluding hydrogens is 224 g/mol. The van der Waals surface area contributed by atoms with E-state index in [0.717, 1.165) is 11.3 Å². The van der Waals surface area contributed by atoms with Gasteiger partial charge in [-0.05, 0) is 29.7 Å². The van der Waals surface area contributed by atoms with Gasteiger partial charge in [0.2, 0.25) is 0 Å². The zero-order valence-electron chi connectivity index (χ0n) is 10.8. The number of anilines is 1. The first kappa shape index (κ1) is 12.4. The van der Waals surface area contributed by atoms with Crippen LogP contribution < -0.4 is 10.5 Å². The maximum absolute atomic E-state index is 5.74. The summed E-state index contributed by atoms with van der Waals surface area (Å²) in [5.41, 5.74) is 7.83. The molecule has 1 heterocycles. The molecule has 0 aliphatic carbocycles. The second-order valence-electron chi connectivity index (χ2n) is 4.61. The van der Waals surface area contributed by atoms with Crippen LogP contribution in [0.4, 0.5) is 5.82 Å². The Morgan fingerprint density at radius 2 is 2.06 bits per heavy atom. The van der Waals surface area contributed by atoms with Crippen LogP contribution in [0.5, 0.6) is 5.75 Å². The van der Waals surface area contributed by atoms with Crippen LogP contribution in [0.1, 0.15) is 30.9 Å². The monoisotopic (exact) mass is 242 g/mol. The maximum atomic E-state index is 5.74. The number of pyridine rings is 1. The van der Waals surface area contributed by atoms with Crippen LogP contribution in [0.25, 0.3) is 0 Å². The second-order valence-corrected chi connectivity index (χ2v) is 4.61. The number of nitrogens with zero attached hydrogens (tertiary/aromatic N) is 1. The largest absolute Gasteiger partial charge is 0.489 e. The summed E-state index contributed by atoms with van der Waals surface area (Å²) in [5, 5.41) is 0. The molecule has 1 aromatic carbocycles. The molecule has 0 amide bonds. The Bertz CT molecular complexity index is 506. The van der Waals surface area contributed by atoms with Gasteiger partial charge in [0.1, 0.15) is 18.2 Å². The zero-order valence-corrected chi connectivity index (χ0v) is 10.8. The molecule has 18 heavy (non-hydrogen) atoms. The topological polar surface area (TPSA) is 48.1 Å². The summed E-state index contributed by atoms with van der Waals surface area (Å²) in [6.07, 6.45) is 1.74. The van der Waals surface area contributed by atoms with Crippen molar-refractivity contribution < 1.29 is 4.74 Å². The Kier molecular flexibility index (Phi) is 3.82. The predicted molar refractivity (Wildman–Crippen MR) is 73.5 cm³/mol. The highest BCUT2D eigenvalue weighted by Gasteiger charge is 2.01. The molecule has 94 valence electrons. The van der Waals surface area contributed by atoms with E-state index in [0.29, 0.717) is 18.3 Å². The summed E-state index contributed by atoms with van der Waals surface area (Å²) in [4.78, 5) is 4.03. The van der Waals surface area contributed by atoms with Crippen molar-refractivity contribution in [3.8, 4) is 5.75 Å². The summed E-state index contributed by atoms with van der Waals surface area (Å²) < 4.78 is 5.74. The van der Waals surface area contributed by atoms with Crippen molar-refractivity contribution in [2.45, 2.75) is 26.4 Å². The van der Waals surface area contributed by atoms with Crippen molar-refractivity contribution in [3.63, 3.8) is 0 Å². The van der Waals surface area contributed by atoms with E-state index in [1.165, 1.54) is 5.56 Å².